The number of benzene rings is 1. The van der Waals surface area contributed by atoms with Crippen LogP contribution in [-0.2, 0) is 9.84 Å². The topological polar surface area (TPSA) is 46.2 Å². The van der Waals surface area contributed by atoms with E-state index in [9.17, 15) is 12.8 Å². The van der Waals surface area contributed by atoms with Crippen LogP contribution < -0.4 is 5.32 Å². The maximum atomic E-state index is 13.9. The van der Waals surface area contributed by atoms with Gasteiger partial charge in [-0.05, 0) is 31.5 Å². The zero-order valence-corrected chi connectivity index (χ0v) is 13.5. The summed E-state index contributed by atoms with van der Waals surface area (Å²) in [4.78, 5) is 0. The first kappa shape index (κ1) is 16.6. The maximum absolute atomic E-state index is 13.9. The van der Waals surface area contributed by atoms with E-state index in [4.69, 9.17) is 0 Å². The van der Waals surface area contributed by atoms with Gasteiger partial charge in [0.1, 0.15) is 15.7 Å². The lowest BCUT2D eigenvalue weighted by molar-refractivity contribution is 0.478. The molecule has 0 heterocycles. The van der Waals surface area contributed by atoms with Crippen LogP contribution in [0.3, 0.4) is 0 Å². The first-order valence-electron chi connectivity index (χ1n) is 6.20. The van der Waals surface area contributed by atoms with Gasteiger partial charge in [0.25, 0.3) is 0 Å². The van der Waals surface area contributed by atoms with E-state index in [1.165, 1.54) is 12.3 Å². The summed E-state index contributed by atoms with van der Waals surface area (Å²) in [5.74, 6) is -0.152. The lowest BCUT2D eigenvalue weighted by Crippen LogP contribution is -2.23. The molecule has 0 saturated carbocycles. The zero-order valence-electron chi connectivity index (χ0n) is 11.1. The summed E-state index contributed by atoms with van der Waals surface area (Å²) in [5.41, 5.74) is 0.567. The number of rotatable bonds is 7. The predicted octanol–water partition coefficient (Wildman–Crippen LogP) is 3.06. The monoisotopic (exact) mass is 351 g/mol. The summed E-state index contributed by atoms with van der Waals surface area (Å²) in [7, 11) is -2.97. The van der Waals surface area contributed by atoms with Gasteiger partial charge in [-0.1, -0.05) is 28.9 Å². The molecule has 0 bridgehead atoms. The van der Waals surface area contributed by atoms with Gasteiger partial charge in [-0.15, -0.1) is 0 Å². The lowest BCUT2D eigenvalue weighted by Gasteiger charge is -2.20. The number of sulfone groups is 1. The average molecular weight is 352 g/mol. The summed E-state index contributed by atoms with van der Waals surface area (Å²) >= 11 is 3.35. The van der Waals surface area contributed by atoms with Crippen molar-refractivity contribution in [2.75, 3.05) is 18.6 Å². The maximum Gasteiger partial charge on any atom is 0.147 e. The van der Waals surface area contributed by atoms with Crippen LogP contribution in [0.1, 0.15) is 31.4 Å². The van der Waals surface area contributed by atoms with E-state index >= 15 is 0 Å². The minimum Gasteiger partial charge on any atom is -0.310 e. The van der Waals surface area contributed by atoms with Crippen LogP contribution >= 0.6 is 15.9 Å². The minimum absolute atomic E-state index is 0.126. The normalized spacial score (nSPS) is 13.5. The van der Waals surface area contributed by atoms with Crippen molar-refractivity contribution in [3.63, 3.8) is 0 Å². The molecule has 19 heavy (non-hydrogen) atoms. The number of hydrogen-bond donors (Lipinski definition) is 1. The summed E-state index contributed by atoms with van der Waals surface area (Å²) in [6.07, 6.45) is 2.31. The Morgan fingerprint density at radius 2 is 2.11 bits per heavy atom. The molecule has 0 radical (unpaired) electrons. The standard InChI is InChI=1S/C13H19BrFNO2S/c1-3-16-12(8-5-9-19(2,17)18)13-10(14)6-4-7-11(13)15/h4,6-7,12,16H,3,5,8-9H2,1-2H3. The van der Waals surface area contributed by atoms with Crippen molar-refractivity contribution < 1.29 is 12.8 Å². The van der Waals surface area contributed by atoms with E-state index in [2.05, 4.69) is 21.2 Å². The molecule has 0 amide bonds. The Bertz CT molecular complexity index is 499. The van der Waals surface area contributed by atoms with Crippen molar-refractivity contribution in [1.29, 1.82) is 0 Å². The lowest BCUT2D eigenvalue weighted by atomic mass is 10.0. The molecule has 0 fully saturated rings. The quantitative estimate of drug-likeness (QED) is 0.820. The molecule has 1 atom stereocenters. The van der Waals surface area contributed by atoms with Crippen LogP contribution in [-0.4, -0.2) is 27.0 Å². The van der Waals surface area contributed by atoms with Gasteiger partial charge in [-0.25, -0.2) is 12.8 Å². The highest BCUT2D eigenvalue weighted by Gasteiger charge is 2.18. The molecule has 1 unspecified atom stereocenters. The Hall–Kier alpha value is -0.460. The number of hydrogen-bond acceptors (Lipinski definition) is 3. The van der Waals surface area contributed by atoms with Crippen LogP contribution in [0.15, 0.2) is 22.7 Å². The fraction of sp³-hybridized carbons (Fsp3) is 0.538. The molecule has 1 aromatic carbocycles. The third kappa shape index (κ3) is 5.58. The molecule has 1 rings (SSSR count). The zero-order chi connectivity index (χ0) is 14.5. The molecule has 0 aliphatic rings. The highest BCUT2D eigenvalue weighted by atomic mass is 79.9. The first-order valence-corrected chi connectivity index (χ1v) is 9.05. The molecule has 108 valence electrons. The van der Waals surface area contributed by atoms with Gasteiger partial charge in [0.2, 0.25) is 0 Å². The predicted molar refractivity (Wildman–Crippen MR) is 79.5 cm³/mol. The fourth-order valence-electron chi connectivity index (χ4n) is 1.99. The van der Waals surface area contributed by atoms with Gasteiger partial charge >= 0.3 is 0 Å². The number of halogens is 2. The molecule has 0 aliphatic heterocycles. The molecule has 0 aromatic heterocycles. The van der Waals surface area contributed by atoms with E-state index in [1.54, 1.807) is 12.1 Å². The van der Waals surface area contributed by atoms with Crippen LogP contribution in [0.25, 0.3) is 0 Å². The van der Waals surface area contributed by atoms with Crippen molar-refractivity contribution in [2.24, 2.45) is 0 Å². The molecule has 6 heteroatoms. The SMILES string of the molecule is CCNC(CCCS(C)(=O)=O)c1c(F)cccc1Br. The highest BCUT2D eigenvalue weighted by molar-refractivity contribution is 9.10. The third-order valence-corrected chi connectivity index (χ3v) is 4.53. The van der Waals surface area contributed by atoms with Crippen molar-refractivity contribution >= 4 is 25.8 Å². The Balaban J connectivity index is 2.82. The van der Waals surface area contributed by atoms with Crippen molar-refractivity contribution in [1.82, 2.24) is 5.32 Å². The van der Waals surface area contributed by atoms with Gasteiger partial charge in [0.15, 0.2) is 0 Å². The van der Waals surface area contributed by atoms with Gasteiger partial charge < -0.3 is 5.32 Å². The first-order chi connectivity index (χ1) is 8.85. The Labute approximate surface area is 122 Å². The molecule has 0 saturated heterocycles. The Morgan fingerprint density at radius 3 is 2.63 bits per heavy atom. The van der Waals surface area contributed by atoms with E-state index < -0.39 is 9.84 Å². The van der Waals surface area contributed by atoms with Crippen molar-refractivity contribution in [2.45, 2.75) is 25.8 Å². The van der Waals surface area contributed by atoms with Crippen molar-refractivity contribution in [3.8, 4) is 0 Å². The van der Waals surface area contributed by atoms with Gasteiger partial charge in [-0.3, -0.25) is 0 Å². The molecule has 0 aliphatic carbocycles. The second kappa shape index (κ2) is 7.36. The van der Waals surface area contributed by atoms with Gasteiger partial charge in [0.05, 0.1) is 0 Å². The fourth-order valence-corrected chi connectivity index (χ4v) is 3.30. The van der Waals surface area contributed by atoms with Gasteiger partial charge in [0, 0.05) is 28.1 Å². The van der Waals surface area contributed by atoms with Crippen LogP contribution in [0.5, 0.6) is 0 Å². The van der Waals surface area contributed by atoms with E-state index in [1.807, 2.05) is 6.92 Å². The summed E-state index contributed by atoms with van der Waals surface area (Å²) in [6.45, 7) is 2.64. The number of nitrogens with one attached hydrogen (secondary N) is 1. The molecule has 1 N–H and O–H groups in total. The van der Waals surface area contributed by atoms with Crippen molar-refractivity contribution in [3.05, 3.63) is 34.1 Å². The Kier molecular flexibility index (Phi) is 6.42. The molecule has 3 nitrogen and oxygen atoms in total. The average Bonchev–Trinajstić information content (AvgIpc) is 2.27. The summed E-state index contributed by atoms with van der Waals surface area (Å²) in [5, 5.41) is 3.20. The van der Waals surface area contributed by atoms with Crippen LogP contribution in [0.4, 0.5) is 4.39 Å². The van der Waals surface area contributed by atoms with Gasteiger partial charge in [-0.2, -0.15) is 0 Å². The molecular weight excluding hydrogens is 333 g/mol. The minimum atomic E-state index is -2.97. The van der Waals surface area contributed by atoms with Crippen LogP contribution in [0, 0.1) is 5.82 Å². The van der Waals surface area contributed by atoms with E-state index in [0.717, 1.165) is 0 Å². The largest absolute Gasteiger partial charge is 0.310 e. The summed E-state index contributed by atoms with van der Waals surface area (Å²) in [6, 6.07) is 4.67. The highest BCUT2D eigenvalue weighted by Crippen LogP contribution is 2.29. The van der Waals surface area contributed by atoms with Crippen LogP contribution in [0.2, 0.25) is 0 Å². The Morgan fingerprint density at radius 1 is 1.42 bits per heavy atom. The molecule has 0 spiro atoms. The summed E-state index contributed by atoms with van der Waals surface area (Å²) < 4.78 is 36.9. The molecular formula is C13H19BrFNO2S. The second-order valence-electron chi connectivity index (χ2n) is 4.52. The van der Waals surface area contributed by atoms with E-state index in [0.29, 0.717) is 29.4 Å². The second-order valence-corrected chi connectivity index (χ2v) is 7.63. The smallest absolute Gasteiger partial charge is 0.147 e. The third-order valence-electron chi connectivity index (χ3n) is 2.81. The molecule has 1 aromatic rings. The van der Waals surface area contributed by atoms with E-state index in [-0.39, 0.29) is 17.6 Å².